The Morgan fingerprint density at radius 2 is 2.26 bits per heavy atom. The maximum absolute atomic E-state index is 5.39. The van der Waals surface area contributed by atoms with Gasteiger partial charge >= 0.3 is 0 Å². The number of piperidine rings is 1. The van der Waals surface area contributed by atoms with Crippen molar-refractivity contribution in [1.29, 1.82) is 0 Å². The summed E-state index contributed by atoms with van der Waals surface area (Å²) in [6.45, 7) is 5.70. The number of aromatic nitrogens is 2. The van der Waals surface area contributed by atoms with Crippen LogP contribution < -0.4 is 16.2 Å². The standard InChI is InChI=1S/C13H22N6/c1-10-8-18-7-3-2-4-11(18)9-19(10)12-5-6-15-13(16-12)17-14/h5-6,10-11H,2-4,7-9,14H2,1H3,(H,15,16,17). The van der Waals surface area contributed by atoms with Gasteiger partial charge in [-0.3, -0.25) is 10.3 Å². The summed E-state index contributed by atoms with van der Waals surface area (Å²) in [5.74, 6) is 6.84. The molecule has 3 heterocycles. The molecule has 0 aliphatic carbocycles. The number of rotatable bonds is 2. The molecule has 2 aliphatic heterocycles. The number of nitrogens with zero attached hydrogens (tertiary/aromatic N) is 4. The quantitative estimate of drug-likeness (QED) is 0.607. The molecule has 0 radical (unpaired) electrons. The van der Waals surface area contributed by atoms with Crippen molar-refractivity contribution in [3.8, 4) is 0 Å². The normalized spacial score (nSPS) is 28.0. The van der Waals surface area contributed by atoms with E-state index in [4.69, 9.17) is 5.84 Å². The fraction of sp³-hybridized carbons (Fsp3) is 0.692. The Hall–Kier alpha value is -1.40. The van der Waals surface area contributed by atoms with Crippen LogP contribution in [0.5, 0.6) is 0 Å². The molecule has 6 nitrogen and oxygen atoms in total. The van der Waals surface area contributed by atoms with Crippen LogP contribution in [0.2, 0.25) is 0 Å². The van der Waals surface area contributed by atoms with Crippen LogP contribution in [-0.2, 0) is 0 Å². The van der Waals surface area contributed by atoms with Gasteiger partial charge in [-0.2, -0.15) is 4.98 Å². The summed E-state index contributed by atoms with van der Waals surface area (Å²) in [4.78, 5) is 13.6. The maximum Gasteiger partial charge on any atom is 0.239 e. The highest BCUT2D eigenvalue weighted by atomic mass is 15.4. The van der Waals surface area contributed by atoms with Crippen molar-refractivity contribution in [3.05, 3.63) is 12.3 Å². The van der Waals surface area contributed by atoms with Crippen LogP contribution in [0, 0.1) is 0 Å². The zero-order valence-corrected chi connectivity index (χ0v) is 11.4. The number of hydrazine groups is 1. The monoisotopic (exact) mass is 262 g/mol. The Balaban J connectivity index is 1.79. The maximum atomic E-state index is 5.39. The summed E-state index contributed by atoms with van der Waals surface area (Å²) < 4.78 is 0. The third-order valence-electron chi connectivity index (χ3n) is 4.25. The summed E-state index contributed by atoms with van der Waals surface area (Å²) in [6.07, 6.45) is 5.76. The van der Waals surface area contributed by atoms with Crippen molar-refractivity contribution in [2.75, 3.05) is 30.0 Å². The van der Waals surface area contributed by atoms with Crippen LogP contribution in [0.3, 0.4) is 0 Å². The van der Waals surface area contributed by atoms with Gasteiger partial charge in [-0.1, -0.05) is 6.42 Å². The predicted molar refractivity (Wildman–Crippen MR) is 75.9 cm³/mol. The molecule has 3 N–H and O–H groups in total. The first-order valence-corrected chi connectivity index (χ1v) is 7.08. The van der Waals surface area contributed by atoms with Crippen molar-refractivity contribution < 1.29 is 0 Å². The average Bonchev–Trinajstić information content (AvgIpc) is 2.46. The van der Waals surface area contributed by atoms with E-state index < -0.39 is 0 Å². The first kappa shape index (κ1) is 12.6. The van der Waals surface area contributed by atoms with Gasteiger partial charge in [-0.25, -0.2) is 10.8 Å². The highest BCUT2D eigenvalue weighted by Gasteiger charge is 2.33. The molecule has 0 saturated carbocycles. The molecule has 19 heavy (non-hydrogen) atoms. The molecule has 3 rings (SSSR count). The van der Waals surface area contributed by atoms with Crippen LogP contribution in [0.25, 0.3) is 0 Å². The molecule has 2 aliphatic rings. The first-order chi connectivity index (χ1) is 9.28. The lowest BCUT2D eigenvalue weighted by Gasteiger charge is -2.48. The lowest BCUT2D eigenvalue weighted by molar-refractivity contribution is 0.115. The summed E-state index contributed by atoms with van der Waals surface area (Å²) in [5.41, 5.74) is 2.52. The fourth-order valence-electron chi connectivity index (χ4n) is 3.25. The number of anilines is 2. The van der Waals surface area contributed by atoms with Crippen LogP contribution in [0.1, 0.15) is 26.2 Å². The third kappa shape index (κ3) is 2.50. The number of piperazine rings is 1. The van der Waals surface area contributed by atoms with Gasteiger partial charge in [0.25, 0.3) is 0 Å². The molecule has 104 valence electrons. The van der Waals surface area contributed by atoms with E-state index in [0.29, 0.717) is 18.0 Å². The number of hydrogen-bond acceptors (Lipinski definition) is 6. The zero-order chi connectivity index (χ0) is 13.2. The minimum atomic E-state index is 0.481. The van der Waals surface area contributed by atoms with Crippen molar-refractivity contribution in [1.82, 2.24) is 14.9 Å². The van der Waals surface area contributed by atoms with Gasteiger partial charge < -0.3 is 4.90 Å². The average molecular weight is 262 g/mol. The van der Waals surface area contributed by atoms with Crippen LogP contribution >= 0.6 is 0 Å². The van der Waals surface area contributed by atoms with Gasteiger partial charge in [-0.15, -0.1) is 0 Å². The van der Waals surface area contributed by atoms with E-state index in [-0.39, 0.29) is 0 Å². The number of nitrogen functional groups attached to an aromatic ring is 1. The molecule has 0 spiro atoms. The predicted octanol–water partition coefficient (Wildman–Crippen LogP) is 0.825. The second-order valence-electron chi connectivity index (χ2n) is 5.53. The van der Waals surface area contributed by atoms with Crippen molar-refractivity contribution in [3.63, 3.8) is 0 Å². The Kier molecular flexibility index (Phi) is 3.52. The van der Waals surface area contributed by atoms with Crippen molar-refractivity contribution in [2.45, 2.75) is 38.3 Å². The Bertz CT molecular complexity index is 437. The van der Waals surface area contributed by atoms with Crippen molar-refractivity contribution >= 4 is 11.8 Å². The summed E-state index contributed by atoms with van der Waals surface area (Å²) in [6, 6.07) is 3.12. The molecular weight excluding hydrogens is 240 g/mol. The van der Waals surface area contributed by atoms with E-state index in [1.165, 1.54) is 25.8 Å². The molecule has 0 amide bonds. The number of hydrogen-bond donors (Lipinski definition) is 2. The Morgan fingerprint density at radius 3 is 3.11 bits per heavy atom. The first-order valence-electron chi connectivity index (χ1n) is 7.08. The molecule has 2 unspecified atom stereocenters. The largest absolute Gasteiger partial charge is 0.351 e. The zero-order valence-electron chi connectivity index (χ0n) is 11.4. The highest BCUT2D eigenvalue weighted by molar-refractivity contribution is 5.44. The van der Waals surface area contributed by atoms with E-state index in [2.05, 4.69) is 32.1 Å². The molecule has 1 aromatic rings. The van der Waals surface area contributed by atoms with Crippen LogP contribution in [0.15, 0.2) is 12.3 Å². The Labute approximate surface area is 114 Å². The number of fused-ring (bicyclic) bond motifs is 1. The minimum Gasteiger partial charge on any atom is -0.351 e. The summed E-state index contributed by atoms with van der Waals surface area (Å²) in [7, 11) is 0. The summed E-state index contributed by atoms with van der Waals surface area (Å²) in [5, 5.41) is 0. The van der Waals surface area contributed by atoms with Gasteiger partial charge in [-0.05, 0) is 32.4 Å². The van der Waals surface area contributed by atoms with Crippen molar-refractivity contribution in [2.24, 2.45) is 5.84 Å². The van der Waals surface area contributed by atoms with E-state index >= 15 is 0 Å². The van der Waals surface area contributed by atoms with Gasteiger partial charge in [0.05, 0.1) is 0 Å². The second kappa shape index (κ2) is 5.30. The lowest BCUT2D eigenvalue weighted by Crippen LogP contribution is -2.59. The van der Waals surface area contributed by atoms with Crippen LogP contribution in [-0.4, -0.2) is 46.6 Å². The number of nitrogens with two attached hydrogens (primary N) is 1. The molecule has 1 aromatic heterocycles. The molecule has 2 fully saturated rings. The lowest BCUT2D eigenvalue weighted by atomic mass is 9.97. The smallest absolute Gasteiger partial charge is 0.239 e. The van der Waals surface area contributed by atoms with E-state index in [1.54, 1.807) is 6.20 Å². The third-order valence-corrected chi connectivity index (χ3v) is 4.25. The Morgan fingerprint density at radius 1 is 1.37 bits per heavy atom. The molecular formula is C13H22N6. The van der Waals surface area contributed by atoms with Gasteiger partial charge in [0.1, 0.15) is 5.82 Å². The fourth-order valence-corrected chi connectivity index (χ4v) is 3.25. The van der Waals surface area contributed by atoms with Gasteiger partial charge in [0.15, 0.2) is 0 Å². The molecule has 0 bridgehead atoms. The van der Waals surface area contributed by atoms with Crippen LogP contribution in [0.4, 0.5) is 11.8 Å². The van der Waals surface area contributed by atoms with E-state index in [0.717, 1.165) is 18.9 Å². The summed E-state index contributed by atoms with van der Waals surface area (Å²) >= 11 is 0. The number of nitrogens with one attached hydrogen (secondary N) is 1. The molecule has 2 atom stereocenters. The molecule has 6 heteroatoms. The highest BCUT2D eigenvalue weighted by Crippen LogP contribution is 2.27. The molecule has 2 saturated heterocycles. The topological polar surface area (TPSA) is 70.3 Å². The second-order valence-corrected chi connectivity index (χ2v) is 5.53. The SMILES string of the molecule is CC1CN2CCCCC2CN1c1ccnc(NN)n1. The van der Waals surface area contributed by atoms with Gasteiger partial charge in [0.2, 0.25) is 5.95 Å². The van der Waals surface area contributed by atoms with E-state index in [9.17, 15) is 0 Å². The molecule has 0 aromatic carbocycles. The van der Waals surface area contributed by atoms with Gasteiger partial charge in [0, 0.05) is 31.4 Å². The van der Waals surface area contributed by atoms with E-state index in [1.807, 2.05) is 6.07 Å². The minimum absolute atomic E-state index is 0.481.